The van der Waals surface area contributed by atoms with Crippen molar-refractivity contribution >= 4 is 23.1 Å². The van der Waals surface area contributed by atoms with Crippen molar-refractivity contribution < 1.29 is 4.74 Å². The number of hydrogen-bond acceptors (Lipinski definition) is 5. The summed E-state index contributed by atoms with van der Waals surface area (Å²) in [5.74, 6) is 1.76. The molecule has 1 aromatic heterocycles. The minimum atomic E-state index is -0.181. The lowest BCUT2D eigenvalue weighted by molar-refractivity contribution is 0.415. The van der Waals surface area contributed by atoms with Crippen molar-refractivity contribution in [2.45, 2.75) is 25.7 Å². The van der Waals surface area contributed by atoms with Gasteiger partial charge in [0.25, 0.3) is 0 Å². The molecule has 0 amide bonds. The Morgan fingerprint density at radius 1 is 1.40 bits per heavy atom. The van der Waals surface area contributed by atoms with Crippen LogP contribution in [0.3, 0.4) is 0 Å². The topological polar surface area (TPSA) is 73.1 Å². The molecule has 1 aromatic carbocycles. The zero-order valence-electron chi connectivity index (χ0n) is 14.8. The van der Waals surface area contributed by atoms with Gasteiger partial charge in [-0.1, -0.05) is 20.4 Å². The van der Waals surface area contributed by atoms with Gasteiger partial charge in [0.15, 0.2) is 0 Å². The number of hydrogen-bond donors (Lipinski definition) is 2. The largest absolute Gasteiger partial charge is 0.495 e. The van der Waals surface area contributed by atoms with Crippen molar-refractivity contribution in [3.63, 3.8) is 0 Å². The fourth-order valence-electron chi connectivity index (χ4n) is 3.46. The number of methoxy groups -OCH3 is 1. The number of halogens is 1. The van der Waals surface area contributed by atoms with Crippen LogP contribution in [-0.4, -0.2) is 29.5 Å². The number of alkyl halides is 1. The number of aromatic nitrogens is 2. The van der Waals surface area contributed by atoms with Crippen molar-refractivity contribution in [2.75, 3.05) is 30.6 Å². The molecule has 5 nitrogen and oxygen atoms in total. The summed E-state index contributed by atoms with van der Waals surface area (Å²) in [6, 6.07) is 3.99. The van der Waals surface area contributed by atoms with Crippen LogP contribution in [0.4, 0.5) is 11.5 Å². The number of ether oxygens (including phenoxy) is 1. The van der Waals surface area contributed by atoms with Gasteiger partial charge in [0.05, 0.1) is 18.5 Å². The highest BCUT2D eigenvalue weighted by atomic mass is 35.5. The van der Waals surface area contributed by atoms with Gasteiger partial charge < -0.3 is 15.8 Å². The number of fused-ring (bicyclic) bond motifs is 3. The summed E-state index contributed by atoms with van der Waals surface area (Å²) >= 11 is 5.86. The van der Waals surface area contributed by atoms with Crippen LogP contribution in [0.25, 0.3) is 11.3 Å². The molecule has 132 valence electrons. The first-order valence-electron chi connectivity index (χ1n) is 8.16. The van der Waals surface area contributed by atoms with E-state index in [0.29, 0.717) is 18.2 Å². The minimum Gasteiger partial charge on any atom is -0.495 e. The summed E-state index contributed by atoms with van der Waals surface area (Å²) in [7, 11) is 1.67. The standard InChI is InChI=1S/C19H23ClN4O/c1-11(8-20)9-22-16-13-7-19(2,3)15-17(23-10-24-18(15)21)12(13)5-6-14(16)25-4/h5-6,10,22H,1,7-9H2,2-4H3,(H2,21,23,24). The number of nitrogen functional groups attached to an aromatic ring is 1. The molecule has 3 rings (SSSR count). The summed E-state index contributed by atoms with van der Waals surface area (Å²) in [6.45, 7) is 8.88. The Balaban J connectivity index is 2.18. The van der Waals surface area contributed by atoms with Gasteiger partial charge in [0.1, 0.15) is 17.9 Å². The average Bonchev–Trinajstić information content (AvgIpc) is 2.58. The molecule has 0 radical (unpaired) electrons. The first kappa shape index (κ1) is 17.5. The first-order chi connectivity index (χ1) is 11.9. The summed E-state index contributed by atoms with van der Waals surface area (Å²) < 4.78 is 5.57. The van der Waals surface area contributed by atoms with Crippen LogP contribution in [0, 0.1) is 0 Å². The van der Waals surface area contributed by atoms with E-state index in [1.807, 2.05) is 12.1 Å². The van der Waals surface area contributed by atoms with Crippen molar-refractivity contribution in [3.05, 3.63) is 41.7 Å². The molecule has 3 N–H and O–H groups in total. The first-order valence-corrected chi connectivity index (χ1v) is 8.70. The molecule has 25 heavy (non-hydrogen) atoms. The van der Waals surface area contributed by atoms with E-state index in [9.17, 15) is 0 Å². The molecule has 1 aliphatic carbocycles. The van der Waals surface area contributed by atoms with Crippen molar-refractivity contribution in [2.24, 2.45) is 0 Å². The maximum atomic E-state index is 6.17. The third-order valence-corrected chi connectivity index (χ3v) is 5.00. The van der Waals surface area contributed by atoms with Gasteiger partial charge in [0.2, 0.25) is 0 Å². The zero-order chi connectivity index (χ0) is 18.2. The predicted octanol–water partition coefficient (Wildman–Crippen LogP) is 3.78. The Morgan fingerprint density at radius 3 is 2.84 bits per heavy atom. The minimum absolute atomic E-state index is 0.181. The maximum absolute atomic E-state index is 6.17. The second kappa shape index (κ2) is 6.56. The molecule has 0 saturated carbocycles. The maximum Gasteiger partial charge on any atom is 0.142 e. The number of anilines is 2. The highest BCUT2D eigenvalue weighted by Crippen LogP contribution is 2.48. The van der Waals surface area contributed by atoms with Crippen molar-refractivity contribution in [1.29, 1.82) is 0 Å². The van der Waals surface area contributed by atoms with Gasteiger partial charge in [0, 0.05) is 23.6 Å². The lowest BCUT2D eigenvalue weighted by Gasteiger charge is -2.35. The fourth-order valence-corrected chi connectivity index (χ4v) is 3.55. The van der Waals surface area contributed by atoms with Gasteiger partial charge in [-0.15, -0.1) is 11.6 Å². The third kappa shape index (κ3) is 3.04. The van der Waals surface area contributed by atoms with Crippen LogP contribution < -0.4 is 15.8 Å². The van der Waals surface area contributed by atoms with E-state index in [2.05, 4.69) is 35.7 Å². The Bertz CT molecular complexity index is 832. The van der Waals surface area contributed by atoms with Gasteiger partial charge in [-0.25, -0.2) is 9.97 Å². The molecule has 0 saturated heterocycles. The Labute approximate surface area is 153 Å². The second-order valence-corrected chi connectivity index (χ2v) is 7.22. The molecule has 6 heteroatoms. The highest BCUT2D eigenvalue weighted by Gasteiger charge is 2.36. The van der Waals surface area contributed by atoms with E-state index >= 15 is 0 Å². The van der Waals surface area contributed by atoms with Crippen LogP contribution >= 0.6 is 11.6 Å². The number of rotatable bonds is 5. The quantitative estimate of drug-likeness (QED) is 0.628. The Kier molecular flexibility index (Phi) is 4.60. The van der Waals surface area contributed by atoms with Crippen LogP contribution in [-0.2, 0) is 11.8 Å². The van der Waals surface area contributed by atoms with Gasteiger partial charge in [-0.3, -0.25) is 0 Å². The van der Waals surface area contributed by atoms with E-state index in [1.165, 1.54) is 6.33 Å². The molecule has 1 aliphatic rings. The summed E-state index contributed by atoms with van der Waals surface area (Å²) in [6.07, 6.45) is 2.33. The molecule has 0 unspecified atom stereocenters. The molecular weight excluding hydrogens is 336 g/mol. The lowest BCUT2D eigenvalue weighted by Crippen LogP contribution is -2.29. The predicted molar refractivity (Wildman–Crippen MR) is 104 cm³/mol. The molecule has 0 bridgehead atoms. The normalized spacial score (nSPS) is 14.4. The molecular formula is C19H23ClN4O. The SMILES string of the molecule is C=C(CCl)CNc1c(OC)ccc2c1CC(C)(C)c1c(N)ncnc1-2. The summed E-state index contributed by atoms with van der Waals surface area (Å²) in [5.41, 5.74) is 12.0. The summed E-state index contributed by atoms with van der Waals surface area (Å²) in [4.78, 5) is 8.71. The van der Waals surface area contributed by atoms with Gasteiger partial charge in [-0.05, 0) is 35.1 Å². The Hall–Kier alpha value is -2.27. The Morgan fingerprint density at radius 2 is 2.16 bits per heavy atom. The van der Waals surface area contributed by atoms with Crippen LogP contribution in [0.2, 0.25) is 0 Å². The smallest absolute Gasteiger partial charge is 0.142 e. The van der Waals surface area contributed by atoms with Crippen molar-refractivity contribution in [3.8, 4) is 17.0 Å². The van der Waals surface area contributed by atoms with E-state index in [1.54, 1.807) is 7.11 Å². The van der Waals surface area contributed by atoms with Crippen molar-refractivity contribution in [1.82, 2.24) is 9.97 Å². The van der Waals surface area contributed by atoms with E-state index in [0.717, 1.165) is 45.8 Å². The zero-order valence-corrected chi connectivity index (χ0v) is 15.6. The molecule has 0 fully saturated rings. The third-order valence-electron chi connectivity index (χ3n) is 4.63. The van der Waals surface area contributed by atoms with Gasteiger partial charge >= 0.3 is 0 Å². The number of nitrogens with zero attached hydrogens (tertiary/aromatic N) is 2. The average molecular weight is 359 g/mol. The molecule has 0 spiro atoms. The number of benzene rings is 1. The van der Waals surface area contributed by atoms with Gasteiger partial charge in [-0.2, -0.15) is 0 Å². The molecule has 2 aromatic rings. The fraction of sp³-hybridized carbons (Fsp3) is 0.368. The molecule has 0 atom stereocenters. The van der Waals surface area contributed by atoms with E-state index in [-0.39, 0.29) is 5.41 Å². The van der Waals surface area contributed by atoms with Crippen LogP contribution in [0.5, 0.6) is 5.75 Å². The molecule has 1 heterocycles. The lowest BCUT2D eigenvalue weighted by atomic mass is 9.71. The van der Waals surface area contributed by atoms with E-state index in [4.69, 9.17) is 22.1 Å². The van der Waals surface area contributed by atoms with Crippen LogP contribution in [0.15, 0.2) is 30.6 Å². The second-order valence-electron chi connectivity index (χ2n) is 6.95. The highest BCUT2D eigenvalue weighted by molar-refractivity contribution is 6.19. The number of nitrogens with two attached hydrogens (primary N) is 1. The summed E-state index contributed by atoms with van der Waals surface area (Å²) in [5, 5.41) is 3.44. The number of nitrogens with one attached hydrogen (secondary N) is 1. The monoisotopic (exact) mass is 358 g/mol. The van der Waals surface area contributed by atoms with E-state index < -0.39 is 0 Å². The molecule has 0 aliphatic heterocycles. The van der Waals surface area contributed by atoms with Crippen LogP contribution in [0.1, 0.15) is 25.0 Å².